The van der Waals surface area contributed by atoms with Crippen molar-refractivity contribution in [3.8, 4) is 0 Å². The third kappa shape index (κ3) is 5.14. The first kappa shape index (κ1) is 15.8. The summed E-state index contributed by atoms with van der Waals surface area (Å²) in [6, 6.07) is 7.83. The summed E-state index contributed by atoms with van der Waals surface area (Å²) in [5.41, 5.74) is 1.69. The maximum Gasteiger partial charge on any atom is 0.326 e. The Hall–Kier alpha value is -2.30. The minimum atomic E-state index is -1.05. The molecular weight excluding hydrogens is 256 g/mol. The third-order valence-corrected chi connectivity index (χ3v) is 2.73. The number of amides is 2. The van der Waals surface area contributed by atoms with Crippen molar-refractivity contribution in [2.75, 3.05) is 13.6 Å². The van der Waals surface area contributed by atoms with E-state index in [-0.39, 0.29) is 6.42 Å². The van der Waals surface area contributed by atoms with Gasteiger partial charge in [0.1, 0.15) is 6.04 Å². The molecule has 0 spiro atoms. The van der Waals surface area contributed by atoms with Gasteiger partial charge in [0.15, 0.2) is 0 Å². The Bertz CT molecular complexity index is 485. The summed E-state index contributed by atoms with van der Waals surface area (Å²) >= 11 is 0. The monoisotopic (exact) mass is 276 g/mol. The van der Waals surface area contributed by atoms with Gasteiger partial charge in [0, 0.05) is 20.0 Å². The molecule has 0 saturated carbocycles. The van der Waals surface area contributed by atoms with Crippen LogP contribution < -0.4 is 5.32 Å². The number of urea groups is 1. The summed E-state index contributed by atoms with van der Waals surface area (Å²) < 4.78 is 0. The number of benzene rings is 1. The van der Waals surface area contributed by atoms with Crippen LogP contribution in [0, 0.1) is 0 Å². The quantitative estimate of drug-likeness (QED) is 0.780. The molecule has 1 aromatic rings. The predicted octanol–water partition coefficient (Wildman–Crippen LogP) is 1.90. The van der Waals surface area contributed by atoms with Gasteiger partial charge in [-0.1, -0.05) is 42.5 Å². The van der Waals surface area contributed by atoms with Crippen molar-refractivity contribution < 1.29 is 14.7 Å². The minimum Gasteiger partial charge on any atom is -0.480 e. The second-order valence-corrected chi connectivity index (χ2v) is 4.84. The van der Waals surface area contributed by atoms with Crippen LogP contribution >= 0.6 is 0 Å². The first-order valence-corrected chi connectivity index (χ1v) is 6.33. The van der Waals surface area contributed by atoms with Crippen molar-refractivity contribution in [3.63, 3.8) is 0 Å². The van der Waals surface area contributed by atoms with E-state index in [1.807, 2.05) is 37.3 Å². The zero-order chi connectivity index (χ0) is 15.1. The van der Waals surface area contributed by atoms with Crippen LogP contribution in [0.25, 0.3) is 0 Å². The molecular formula is C15H20N2O3. The molecule has 0 bridgehead atoms. The molecule has 0 radical (unpaired) electrons. The standard InChI is InChI=1S/C15H20N2O3/c1-11(2)10-17(3)15(20)16-13(14(18)19)9-12-7-5-4-6-8-12/h4-8,13H,1,9-10H2,2-3H3,(H,16,20)(H,18,19)/t13-/m0/s1. The highest BCUT2D eigenvalue weighted by molar-refractivity contribution is 5.82. The summed E-state index contributed by atoms with van der Waals surface area (Å²) in [6.07, 6.45) is 0.253. The Labute approximate surface area is 118 Å². The molecule has 1 aromatic carbocycles. The van der Waals surface area contributed by atoms with Gasteiger partial charge in [-0.3, -0.25) is 0 Å². The number of carbonyl (C=O) groups is 2. The van der Waals surface area contributed by atoms with Crippen LogP contribution in [0.2, 0.25) is 0 Å². The molecule has 0 heterocycles. The highest BCUT2D eigenvalue weighted by atomic mass is 16.4. The van der Waals surface area contributed by atoms with Gasteiger partial charge >= 0.3 is 12.0 Å². The van der Waals surface area contributed by atoms with E-state index >= 15 is 0 Å². The molecule has 108 valence electrons. The summed E-state index contributed by atoms with van der Waals surface area (Å²) in [6.45, 7) is 5.92. The molecule has 0 fully saturated rings. The van der Waals surface area contributed by atoms with E-state index in [1.165, 1.54) is 4.90 Å². The highest BCUT2D eigenvalue weighted by Crippen LogP contribution is 2.04. The smallest absolute Gasteiger partial charge is 0.326 e. The van der Waals surface area contributed by atoms with Crippen molar-refractivity contribution in [1.29, 1.82) is 0 Å². The Kier molecular flexibility index (Phi) is 5.77. The summed E-state index contributed by atoms with van der Waals surface area (Å²) in [4.78, 5) is 24.5. The number of aliphatic carboxylic acids is 1. The maximum atomic E-state index is 11.9. The maximum absolute atomic E-state index is 11.9. The molecule has 0 aliphatic rings. The van der Waals surface area contributed by atoms with Crippen LogP contribution in [0.5, 0.6) is 0 Å². The summed E-state index contributed by atoms with van der Waals surface area (Å²) in [5, 5.41) is 11.7. The number of carboxylic acid groups (broad SMARTS) is 1. The molecule has 0 aliphatic carbocycles. The minimum absolute atomic E-state index is 0.253. The van der Waals surface area contributed by atoms with Gasteiger partial charge in [0.2, 0.25) is 0 Å². The number of rotatable bonds is 6. The SMILES string of the molecule is C=C(C)CN(C)C(=O)N[C@@H](Cc1ccccc1)C(=O)O. The first-order chi connectivity index (χ1) is 9.40. The Morgan fingerprint density at radius 2 is 1.95 bits per heavy atom. The topological polar surface area (TPSA) is 69.6 Å². The van der Waals surface area contributed by atoms with Crippen LogP contribution in [0.3, 0.4) is 0 Å². The van der Waals surface area contributed by atoms with Crippen molar-refractivity contribution in [2.45, 2.75) is 19.4 Å². The average molecular weight is 276 g/mol. The molecule has 5 heteroatoms. The summed E-state index contributed by atoms with van der Waals surface area (Å²) in [7, 11) is 1.60. The van der Waals surface area contributed by atoms with Crippen molar-refractivity contribution in [1.82, 2.24) is 10.2 Å². The second kappa shape index (κ2) is 7.33. The van der Waals surface area contributed by atoms with Crippen LogP contribution in [0.4, 0.5) is 4.79 Å². The van der Waals surface area contributed by atoms with Gasteiger partial charge in [0.05, 0.1) is 0 Å². The van der Waals surface area contributed by atoms with Gasteiger partial charge in [-0.05, 0) is 12.5 Å². The first-order valence-electron chi connectivity index (χ1n) is 6.33. The number of hydrogen-bond acceptors (Lipinski definition) is 2. The van der Waals surface area contributed by atoms with Crippen LogP contribution in [0.1, 0.15) is 12.5 Å². The fourth-order valence-electron chi connectivity index (χ4n) is 1.79. The van der Waals surface area contributed by atoms with Gasteiger partial charge < -0.3 is 15.3 Å². The van der Waals surface area contributed by atoms with Crippen LogP contribution in [-0.2, 0) is 11.2 Å². The lowest BCUT2D eigenvalue weighted by Gasteiger charge is -2.21. The Balaban J connectivity index is 2.66. The van der Waals surface area contributed by atoms with Gasteiger partial charge in [0.25, 0.3) is 0 Å². The lowest BCUT2D eigenvalue weighted by atomic mass is 10.1. The summed E-state index contributed by atoms with van der Waals surface area (Å²) in [5.74, 6) is -1.05. The molecule has 0 unspecified atom stereocenters. The van der Waals surface area contributed by atoms with E-state index in [2.05, 4.69) is 11.9 Å². The number of nitrogens with zero attached hydrogens (tertiary/aromatic N) is 1. The fourth-order valence-corrected chi connectivity index (χ4v) is 1.79. The lowest BCUT2D eigenvalue weighted by molar-refractivity contribution is -0.139. The molecule has 0 aliphatic heterocycles. The predicted molar refractivity (Wildman–Crippen MR) is 77.5 cm³/mol. The van der Waals surface area contributed by atoms with E-state index in [0.717, 1.165) is 11.1 Å². The molecule has 2 amide bonds. The lowest BCUT2D eigenvalue weighted by Crippen LogP contribution is -2.48. The van der Waals surface area contributed by atoms with Crippen molar-refractivity contribution >= 4 is 12.0 Å². The molecule has 1 atom stereocenters. The molecule has 2 N–H and O–H groups in total. The highest BCUT2D eigenvalue weighted by Gasteiger charge is 2.21. The van der Waals surface area contributed by atoms with Crippen molar-refractivity contribution in [3.05, 3.63) is 48.0 Å². The van der Waals surface area contributed by atoms with Gasteiger partial charge in [-0.2, -0.15) is 0 Å². The molecule has 5 nitrogen and oxygen atoms in total. The fraction of sp³-hybridized carbons (Fsp3) is 0.333. The molecule has 0 saturated heterocycles. The number of carbonyl (C=O) groups excluding carboxylic acids is 1. The molecule has 1 rings (SSSR count). The Morgan fingerprint density at radius 1 is 1.35 bits per heavy atom. The van der Waals surface area contributed by atoms with E-state index in [0.29, 0.717) is 6.54 Å². The number of nitrogens with one attached hydrogen (secondary N) is 1. The van der Waals surface area contributed by atoms with Gasteiger partial charge in [-0.25, -0.2) is 9.59 Å². The average Bonchev–Trinajstić information content (AvgIpc) is 2.38. The molecule has 0 aromatic heterocycles. The molecule has 20 heavy (non-hydrogen) atoms. The zero-order valence-electron chi connectivity index (χ0n) is 11.8. The van der Waals surface area contributed by atoms with E-state index in [1.54, 1.807) is 7.05 Å². The number of likely N-dealkylation sites (N-methyl/N-ethyl adjacent to an activating group) is 1. The van der Waals surface area contributed by atoms with Crippen molar-refractivity contribution in [2.24, 2.45) is 0 Å². The normalized spacial score (nSPS) is 11.5. The number of carboxylic acids is 1. The van der Waals surface area contributed by atoms with Crippen LogP contribution in [-0.4, -0.2) is 41.6 Å². The van der Waals surface area contributed by atoms with E-state index in [4.69, 9.17) is 0 Å². The Morgan fingerprint density at radius 3 is 2.45 bits per heavy atom. The largest absolute Gasteiger partial charge is 0.480 e. The third-order valence-electron chi connectivity index (χ3n) is 2.73. The van der Waals surface area contributed by atoms with Gasteiger partial charge in [-0.15, -0.1) is 0 Å². The second-order valence-electron chi connectivity index (χ2n) is 4.84. The van der Waals surface area contributed by atoms with E-state index < -0.39 is 18.0 Å². The van der Waals surface area contributed by atoms with E-state index in [9.17, 15) is 14.7 Å². The zero-order valence-corrected chi connectivity index (χ0v) is 11.8. The van der Waals surface area contributed by atoms with Crippen LogP contribution in [0.15, 0.2) is 42.5 Å². The number of hydrogen-bond donors (Lipinski definition) is 2.